The largest absolute Gasteiger partial charge is 0.357 e. The van der Waals surface area contributed by atoms with Gasteiger partial charge in [0.2, 0.25) is 0 Å². The topological polar surface area (TPSA) is 39.7 Å². The van der Waals surface area contributed by atoms with Gasteiger partial charge in [-0.2, -0.15) is 0 Å². The highest BCUT2D eigenvalue weighted by atomic mass is 127. The Morgan fingerprint density at radius 2 is 2.16 bits per heavy atom. The molecule has 2 atom stereocenters. The summed E-state index contributed by atoms with van der Waals surface area (Å²) in [5, 5.41) is 9.24. The van der Waals surface area contributed by atoms with E-state index in [-0.39, 0.29) is 24.0 Å². The van der Waals surface area contributed by atoms with Gasteiger partial charge in [-0.3, -0.25) is 9.89 Å². The van der Waals surface area contributed by atoms with Crippen LogP contribution in [-0.2, 0) is 0 Å². The zero-order chi connectivity index (χ0) is 16.8. The van der Waals surface area contributed by atoms with Crippen molar-refractivity contribution in [1.29, 1.82) is 0 Å². The monoisotopic (exact) mass is 476 g/mol. The predicted molar refractivity (Wildman–Crippen MR) is 119 cm³/mol. The summed E-state index contributed by atoms with van der Waals surface area (Å²) in [6.45, 7) is 8.58. The van der Waals surface area contributed by atoms with E-state index in [4.69, 9.17) is 4.99 Å². The van der Waals surface area contributed by atoms with E-state index in [9.17, 15) is 0 Å². The molecule has 2 heterocycles. The minimum atomic E-state index is 0. The molecule has 2 fully saturated rings. The lowest BCUT2D eigenvalue weighted by atomic mass is 10.1. The third kappa shape index (κ3) is 6.10. The van der Waals surface area contributed by atoms with E-state index in [1.807, 2.05) is 11.3 Å². The summed E-state index contributed by atoms with van der Waals surface area (Å²) in [5.41, 5.74) is 0. The fourth-order valence-corrected chi connectivity index (χ4v) is 4.69. The molecule has 2 aliphatic rings. The van der Waals surface area contributed by atoms with E-state index in [0.717, 1.165) is 25.1 Å². The van der Waals surface area contributed by atoms with Gasteiger partial charge in [-0.15, -0.1) is 35.3 Å². The van der Waals surface area contributed by atoms with Crippen molar-refractivity contribution in [2.45, 2.75) is 64.0 Å². The molecule has 4 nitrogen and oxygen atoms in total. The van der Waals surface area contributed by atoms with Gasteiger partial charge in [-0.1, -0.05) is 25.8 Å². The van der Waals surface area contributed by atoms with E-state index < -0.39 is 0 Å². The number of guanidine groups is 1. The van der Waals surface area contributed by atoms with Crippen LogP contribution in [0.2, 0.25) is 0 Å². The molecule has 1 aromatic rings. The smallest absolute Gasteiger partial charge is 0.191 e. The van der Waals surface area contributed by atoms with E-state index >= 15 is 0 Å². The fourth-order valence-electron chi connectivity index (χ4n) is 3.91. The van der Waals surface area contributed by atoms with Crippen LogP contribution in [0.15, 0.2) is 22.5 Å². The van der Waals surface area contributed by atoms with Gasteiger partial charge in [-0.05, 0) is 37.6 Å². The maximum atomic E-state index is 4.84. The maximum absolute atomic E-state index is 4.84. The number of nitrogens with one attached hydrogen (secondary N) is 2. The Morgan fingerprint density at radius 1 is 1.36 bits per heavy atom. The minimum absolute atomic E-state index is 0. The number of thiophene rings is 1. The fraction of sp³-hybridized carbons (Fsp3) is 0.737. The van der Waals surface area contributed by atoms with Crippen LogP contribution in [0.1, 0.15) is 56.7 Å². The Kier molecular flexibility index (Phi) is 8.99. The molecule has 142 valence electrons. The maximum Gasteiger partial charge on any atom is 0.191 e. The number of likely N-dealkylation sites (tertiary alicyclic amines) is 1. The summed E-state index contributed by atoms with van der Waals surface area (Å²) in [6, 6.07) is 5.72. The molecule has 2 unspecified atom stereocenters. The molecule has 1 saturated heterocycles. The van der Waals surface area contributed by atoms with Crippen LogP contribution in [0.4, 0.5) is 0 Å². The van der Waals surface area contributed by atoms with Gasteiger partial charge < -0.3 is 10.6 Å². The second kappa shape index (κ2) is 10.7. The third-order valence-corrected chi connectivity index (χ3v) is 6.40. The van der Waals surface area contributed by atoms with Crippen molar-refractivity contribution in [3.8, 4) is 0 Å². The van der Waals surface area contributed by atoms with E-state index in [1.54, 1.807) is 0 Å². The van der Waals surface area contributed by atoms with Crippen molar-refractivity contribution in [2.75, 3.05) is 26.2 Å². The lowest BCUT2D eigenvalue weighted by Crippen LogP contribution is -2.45. The first-order valence-electron chi connectivity index (χ1n) is 9.58. The molecule has 0 amide bonds. The standard InChI is InChI=1S/C19H32N4S.HI/c1-3-20-19(21-13-15(2)18-9-6-12-24-18)22-16-10-11-23(14-16)17-7-4-5-8-17;/h6,9,12,15-17H,3-5,7-8,10-11,13-14H2,1-2H3,(H2,20,21,22);1H. The highest BCUT2D eigenvalue weighted by molar-refractivity contribution is 14.0. The molecule has 0 aromatic carbocycles. The molecule has 2 N–H and O–H groups in total. The van der Waals surface area contributed by atoms with Crippen molar-refractivity contribution in [3.63, 3.8) is 0 Å². The van der Waals surface area contributed by atoms with E-state index in [0.29, 0.717) is 12.0 Å². The molecule has 0 bridgehead atoms. The third-order valence-electron chi connectivity index (χ3n) is 5.30. The number of hydrogen-bond donors (Lipinski definition) is 2. The molecule has 0 spiro atoms. The Balaban J connectivity index is 0.00000225. The Hall–Kier alpha value is -0.340. The molecule has 1 aliphatic carbocycles. The first kappa shape index (κ1) is 21.0. The van der Waals surface area contributed by atoms with Gasteiger partial charge in [-0.25, -0.2) is 0 Å². The molecular formula is C19H33IN4S. The lowest BCUT2D eigenvalue weighted by molar-refractivity contribution is 0.242. The van der Waals surface area contributed by atoms with Gasteiger partial charge >= 0.3 is 0 Å². The number of nitrogens with zero attached hydrogens (tertiary/aromatic N) is 2. The first-order chi connectivity index (χ1) is 11.8. The summed E-state index contributed by atoms with van der Waals surface area (Å²) < 4.78 is 0. The van der Waals surface area contributed by atoms with Crippen molar-refractivity contribution >= 4 is 41.3 Å². The van der Waals surface area contributed by atoms with Crippen LogP contribution < -0.4 is 10.6 Å². The van der Waals surface area contributed by atoms with Crippen molar-refractivity contribution in [2.24, 2.45) is 4.99 Å². The van der Waals surface area contributed by atoms with Gasteiger partial charge in [0, 0.05) is 42.5 Å². The quantitative estimate of drug-likeness (QED) is 0.370. The van der Waals surface area contributed by atoms with E-state index in [2.05, 4.69) is 46.9 Å². The SMILES string of the molecule is CCNC(=NCC(C)c1cccs1)NC1CCN(C2CCCC2)C1.I. The number of rotatable bonds is 6. The van der Waals surface area contributed by atoms with Crippen LogP contribution in [0, 0.1) is 0 Å². The molecule has 3 rings (SSSR count). The zero-order valence-corrected chi connectivity index (χ0v) is 18.7. The molecule has 0 radical (unpaired) electrons. The molecular weight excluding hydrogens is 443 g/mol. The molecule has 25 heavy (non-hydrogen) atoms. The molecule has 1 aromatic heterocycles. The van der Waals surface area contributed by atoms with Gasteiger partial charge in [0.1, 0.15) is 0 Å². The highest BCUT2D eigenvalue weighted by Crippen LogP contribution is 2.26. The van der Waals surface area contributed by atoms with Crippen molar-refractivity contribution < 1.29 is 0 Å². The number of hydrogen-bond acceptors (Lipinski definition) is 3. The average Bonchev–Trinajstić information content (AvgIpc) is 3.33. The number of halogens is 1. The Bertz CT molecular complexity index is 514. The minimum Gasteiger partial charge on any atom is -0.357 e. The van der Waals surface area contributed by atoms with Gasteiger partial charge in [0.15, 0.2) is 5.96 Å². The van der Waals surface area contributed by atoms with Gasteiger partial charge in [0.25, 0.3) is 0 Å². The summed E-state index contributed by atoms with van der Waals surface area (Å²) in [6.07, 6.45) is 6.88. The molecule has 1 aliphatic heterocycles. The first-order valence-corrected chi connectivity index (χ1v) is 10.5. The van der Waals surface area contributed by atoms with Crippen LogP contribution in [-0.4, -0.2) is 49.1 Å². The average molecular weight is 476 g/mol. The van der Waals surface area contributed by atoms with Crippen LogP contribution in [0.5, 0.6) is 0 Å². The second-order valence-electron chi connectivity index (χ2n) is 7.20. The van der Waals surface area contributed by atoms with Crippen LogP contribution in [0.25, 0.3) is 0 Å². The number of aliphatic imine (C=N–C) groups is 1. The summed E-state index contributed by atoms with van der Waals surface area (Å²) in [7, 11) is 0. The van der Waals surface area contributed by atoms with Crippen LogP contribution in [0.3, 0.4) is 0 Å². The van der Waals surface area contributed by atoms with E-state index in [1.165, 1.54) is 50.1 Å². The summed E-state index contributed by atoms with van der Waals surface area (Å²) >= 11 is 1.83. The lowest BCUT2D eigenvalue weighted by Gasteiger charge is -2.24. The highest BCUT2D eigenvalue weighted by Gasteiger charge is 2.30. The van der Waals surface area contributed by atoms with Crippen LogP contribution >= 0.6 is 35.3 Å². The van der Waals surface area contributed by atoms with Gasteiger partial charge in [0.05, 0.1) is 6.54 Å². The Labute approximate surface area is 173 Å². The normalized spacial score (nSPS) is 23.4. The van der Waals surface area contributed by atoms with Crippen molar-refractivity contribution in [1.82, 2.24) is 15.5 Å². The summed E-state index contributed by atoms with van der Waals surface area (Å²) in [4.78, 5) is 8.95. The Morgan fingerprint density at radius 3 is 2.84 bits per heavy atom. The second-order valence-corrected chi connectivity index (χ2v) is 8.18. The molecule has 6 heteroatoms. The molecule has 1 saturated carbocycles. The zero-order valence-electron chi connectivity index (χ0n) is 15.5. The van der Waals surface area contributed by atoms with Crippen molar-refractivity contribution in [3.05, 3.63) is 22.4 Å². The summed E-state index contributed by atoms with van der Waals surface area (Å²) in [5.74, 6) is 1.47. The predicted octanol–water partition coefficient (Wildman–Crippen LogP) is 4.04.